The van der Waals surface area contributed by atoms with Gasteiger partial charge in [-0.3, -0.25) is 4.98 Å². The number of pyridine rings is 1. The number of aryl methyl sites for hydroxylation is 1. The fourth-order valence-electron chi connectivity index (χ4n) is 3.66. The van der Waals surface area contributed by atoms with Crippen molar-refractivity contribution < 1.29 is 9.47 Å². The highest BCUT2D eigenvalue weighted by Crippen LogP contribution is 2.32. The van der Waals surface area contributed by atoms with Gasteiger partial charge < -0.3 is 14.0 Å². The average Bonchev–Trinajstić information content (AvgIpc) is 3.33. The summed E-state index contributed by atoms with van der Waals surface area (Å²) in [6.07, 6.45) is 5.22. The van der Waals surface area contributed by atoms with Crippen LogP contribution in [0.4, 0.5) is 0 Å². The average molecular weight is 395 g/mol. The van der Waals surface area contributed by atoms with Gasteiger partial charge in [0, 0.05) is 23.3 Å². The normalized spacial score (nSPS) is 19.5. The van der Waals surface area contributed by atoms with Crippen LogP contribution in [0.2, 0.25) is 5.15 Å². The van der Waals surface area contributed by atoms with Gasteiger partial charge >= 0.3 is 0 Å². The van der Waals surface area contributed by atoms with Crippen molar-refractivity contribution in [1.82, 2.24) is 19.5 Å². The highest BCUT2D eigenvalue weighted by molar-refractivity contribution is 6.33. The maximum absolute atomic E-state index is 6.20. The van der Waals surface area contributed by atoms with Crippen LogP contribution < -0.4 is 4.74 Å². The summed E-state index contributed by atoms with van der Waals surface area (Å²) in [5.74, 6) is 0.809. The monoisotopic (exact) mass is 394 g/mol. The van der Waals surface area contributed by atoms with Crippen molar-refractivity contribution in [1.29, 1.82) is 0 Å². The van der Waals surface area contributed by atoms with Gasteiger partial charge in [-0.2, -0.15) is 0 Å². The number of hydrogen-bond acceptors (Lipinski definition) is 5. The van der Waals surface area contributed by atoms with E-state index in [1.54, 1.807) is 0 Å². The molecule has 1 fully saturated rings. The maximum atomic E-state index is 6.20. The number of nitrogens with zero attached hydrogens (tertiary/aromatic N) is 4. The summed E-state index contributed by atoms with van der Waals surface area (Å²) in [5.41, 5.74) is 2.73. The number of halogens is 1. The molecule has 6 nitrogen and oxygen atoms in total. The molecule has 28 heavy (non-hydrogen) atoms. The SMILES string of the molecule is Cc1ccc2ccc(OCC3CCC(n4ccc5c(Cl)ncnc54)O3)cc2n1. The Morgan fingerprint density at radius 2 is 2.07 bits per heavy atom. The molecule has 1 aromatic carbocycles. The Kier molecular flexibility index (Phi) is 4.37. The molecule has 142 valence electrons. The predicted octanol–water partition coefficient (Wildman–Crippen LogP) is 4.70. The highest BCUT2D eigenvalue weighted by Gasteiger charge is 2.28. The molecule has 0 amide bonds. The lowest BCUT2D eigenvalue weighted by molar-refractivity contribution is -0.0156. The molecule has 5 rings (SSSR count). The molecule has 0 spiro atoms. The van der Waals surface area contributed by atoms with Crippen molar-refractivity contribution in [2.45, 2.75) is 32.1 Å². The molecule has 1 aliphatic rings. The molecular formula is C21H19ClN4O2. The summed E-state index contributed by atoms with van der Waals surface area (Å²) in [4.78, 5) is 12.9. The minimum atomic E-state index is -0.0713. The first kappa shape index (κ1) is 17.4. The minimum absolute atomic E-state index is 0.0286. The second-order valence-corrected chi connectivity index (χ2v) is 7.39. The molecule has 1 aliphatic heterocycles. The fourth-order valence-corrected chi connectivity index (χ4v) is 3.86. The molecule has 0 radical (unpaired) electrons. The van der Waals surface area contributed by atoms with Crippen LogP contribution in [0.25, 0.3) is 21.9 Å². The van der Waals surface area contributed by atoms with Crippen LogP contribution in [0, 0.1) is 6.92 Å². The van der Waals surface area contributed by atoms with Crippen molar-refractivity contribution in [2.24, 2.45) is 0 Å². The molecular weight excluding hydrogens is 376 g/mol. The van der Waals surface area contributed by atoms with E-state index in [0.717, 1.165) is 46.2 Å². The predicted molar refractivity (Wildman–Crippen MR) is 108 cm³/mol. The third kappa shape index (κ3) is 3.19. The number of fused-ring (bicyclic) bond motifs is 2. The fraction of sp³-hybridized carbons (Fsp3) is 0.286. The number of ether oxygens (including phenoxy) is 2. The summed E-state index contributed by atoms with van der Waals surface area (Å²) >= 11 is 6.14. The molecule has 1 saturated heterocycles. The topological polar surface area (TPSA) is 62.1 Å². The van der Waals surface area contributed by atoms with E-state index in [4.69, 9.17) is 21.1 Å². The zero-order chi connectivity index (χ0) is 19.1. The van der Waals surface area contributed by atoms with Gasteiger partial charge in [0.25, 0.3) is 0 Å². The van der Waals surface area contributed by atoms with E-state index in [2.05, 4.69) is 21.0 Å². The van der Waals surface area contributed by atoms with Gasteiger partial charge in [0.05, 0.1) is 17.0 Å². The molecule has 2 unspecified atom stereocenters. The van der Waals surface area contributed by atoms with Crippen molar-refractivity contribution in [3.63, 3.8) is 0 Å². The lowest BCUT2D eigenvalue weighted by Crippen LogP contribution is -2.18. The molecule has 0 saturated carbocycles. The Bertz CT molecular complexity index is 1160. The van der Waals surface area contributed by atoms with E-state index >= 15 is 0 Å². The van der Waals surface area contributed by atoms with Crippen molar-refractivity contribution in [3.8, 4) is 5.75 Å². The maximum Gasteiger partial charge on any atom is 0.146 e. The Morgan fingerprint density at radius 3 is 3.00 bits per heavy atom. The third-order valence-electron chi connectivity index (χ3n) is 5.09. The van der Waals surface area contributed by atoms with Crippen LogP contribution in [-0.2, 0) is 4.74 Å². The summed E-state index contributed by atoms with van der Waals surface area (Å²) in [6.45, 7) is 2.49. The Balaban J connectivity index is 1.27. The van der Waals surface area contributed by atoms with Crippen molar-refractivity contribution in [3.05, 3.63) is 59.8 Å². The second-order valence-electron chi connectivity index (χ2n) is 7.03. The van der Waals surface area contributed by atoms with E-state index in [0.29, 0.717) is 11.8 Å². The van der Waals surface area contributed by atoms with Crippen LogP contribution in [0.3, 0.4) is 0 Å². The van der Waals surface area contributed by atoms with Gasteiger partial charge in [-0.25, -0.2) is 9.97 Å². The number of aromatic nitrogens is 4. The van der Waals surface area contributed by atoms with E-state index in [-0.39, 0.29) is 12.3 Å². The Labute approximate surface area is 167 Å². The second kappa shape index (κ2) is 7.04. The summed E-state index contributed by atoms with van der Waals surface area (Å²) in [5, 5.41) is 2.41. The first-order chi connectivity index (χ1) is 13.7. The zero-order valence-electron chi connectivity index (χ0n) is 15.4. The Hall–Kier alpha value is -2.70. The molecule has 3 aromatic heterocycles. The molecule has 7 heteroatoms. The third-order valence-corrected chi connectivity index (χ3v) is 5.40. The molecule has 4 heterocycles. The van der Waals surface area contributed by atoms with Gasteiger partial charge in [0.1, 0.15) is 35.7 Å². The van der Waals surface area contributed by atoms with Crippen LogP contribution in [0.1, 0.15) is 24.8 Å². The van der Waals surface area contributed by atoms with E-state index in [9.17, 15) is 0 Å². The van der Waals surface area contributed by atoms with E-state index in [1.165, 1.54) is 6.33 Å². The first-order valence-corrected chi connectivity index (χ1v) is 9.68. The number of benzene rings is 1. The largest absolute Gasteiger partial charge is 0.491 e. The van der Waals surface area contributed by atoms with Gasteiger partial charge in [-0.1, -0.05) is 17.7 Å². The van der Waals surface area contributed by atoms with Gasteiger partial charge in [-0.05, 0) is 44.0 Å². The quantitative estimate of drug-likeness (QED) is 0.469. The lowest BCUT2D eigenvalue weighted by atomic mass is 10.2. The molecule has 2 atom stereocenters. The van der Waals surface area contributed by atoms with E-state index < -0.39 is 0 Å². The van der Waals surface area contributed by atoms with Crippen LogP contribution in [0.15, 0.2) is 48.9 Å². The molecule has 0 N–H and O–H groups in total. The van der Waals surface area contributed by atoms with Gasteiger partial charge in [-0.15, -0.1) is 0 Å². The van der Waals surface area contributed by atoms with Crippen molar-refractivity contribution in [2.75, 3.05) is 6.61 Å². The molecule has 0 bridgehead atoms. The minimum Gasteiger partial charge on any atom is -0.491 e. The number of rotatable bonds is 4. The van der Waals surface area contributed by atoms with Crippen LogP contribution in [-0.4, -0.2) is 32.2 Å². The van der Waals surface area contributed by atoms with Gasteiger partial charge in [0.2, 0.25) is 0 Å². The number of hydrogen-bond donors (Lipinski definition) is 0. The van der Waals surface area contributed by atoms with Crippen molar-refractivity contribution >= 4 is 33.5 Å². The molecule has 0 aliphatic carbocycles. The van der Waals surface area contributed by atoms with Crippen LogP contribution >= 0.6 is 11.6 Å². The summed E-state index contributed by atoms with van der Waals surface area (Å²) in [7, 11) is 0. The van der Waals surface area contributed by atoms with E-state index in [1.807, 2.05) is 48.0 Å². The lowest BCUT2D eigenvalue weighted by Gasteiger charge is -2.16. The molecule has 4 aromatic rings. The Morgan fingerprint density at radius 1 is 1.18 bits per heavy atom. The standard InChI is InChI=1S/C21H19ClN4O2/c1-13-2-3-14-4-5-15(10-18(14)25-13)27-11-16-6-7-19(28-16)26-9-8-17-20(22)23-12-24-21(17)26/h2-5,8-10,12,16,19H,6-7,11H2,1H3. The summed E-state index contributed by atoms with van der Waals surface area (Å²) < 4.78 is 14.2. The van der Waals surface area contributed by atoms with Gasteiger partial charge in [0.15, 0.2) is 0 Å². The zero-order valence-corrected chi connectivity index (χ0v) is 16.1. The van der Waals surface area contributed by atoms with Crippen LogP contribution in [0.5, 0.6) is 5.75 Å². The highest BCUT2D eigenvalue weighted by atomic mass is 35.5. The smallest absolute Gasteiger partial charge is 0.146 e. The first-order valence-electron chi connectivity index (χ1n) is 9.30. The summed E-state index contributed by atoms with van der Waals surface area (Å²) in [6, 6.07) is 12.0.